The maximum absolute atomic E-state index is 5.70. The average molecular weight is 306 g/mol. The Balaban J connectivity index is 0.000000534. The maximum Gasteiger partial charge on any atom is 0.126 e. The Morgan fingerprint density at radius 2 is 1.68 bits per heavy atom. The number of benzene rings is 1. The molecule has 1 N–H and O–H groups in total. The summed E-state index contributed by atoms with van der Waals surface area (Å²) in [5.41, 5.74) is 1.08. The van der Waals surface area contributed by atoms with Crippen molar-refractivity contribution >= 4 is 6.08 Å². The summed E-state index contributed by atoms with van der Waals surface area (Å²) in [5.74, 6) is 0.948. The molecule has 0 amide bonds. The smallest absolute Gasteiger partial charge is 0.126 e. The molecule has 0 spiro atoms. The summed E-state index contributed by atoms with van der Waals surface area (Å²) in [4.78, 5) is 0. The third-order valence-corrected chi connectivity index (χ3v) is 3.06. The lowest BCUT2D eigenvalue weighted by Gasteiger charge is -2.10. The molecule has 0 aliphatic rings. The number of rotatable bonds is 9. The van der Waals surface area contributed by atoms with Crippen LogP contribution in [0.3, 0.4) is 0 Å². The molecule has 1 aromatic carbocycles. The molecule has 0 radical (unpaired) electrons. The van der Waals surface area contributed by atoms with Crippen LogP contribution in [0, 0.1) is 0 Å². The van der Waals surface area contributed by atoms with Crippen LogP contribution in [0.4, 0.5) is 0 Å². The van der Waals surface area contributed by atoms with Crippen molar-refractivity contribution in [1.29, 1.82) is 0 Å². The van der Waals surface area contributed by atoms with Gasteiger partial charge in [-0.25, -0.2) is 0 Å². The molecule has 0 aliphatic heterocycles. The summed E-state index contributed by atoms with van der Waals surface area (Å²) in [6.07, 6.45) is 6.79. The van der Waals surface area contributed by atoms with Gasteiger partial charge in [0.2, 0.25) is 0 Å². The van der Waals surface area contributed by atoms with Gasteiger partial charge in [0.1, 0.15) is 5.75 Å². The fraction of sp³-hybridized carbons (Fsp3) is 0.600. The second-order valence-corrected chi connectivity index (χ2v) is 6.13. The van der Waals surface area contributed by atoms with Crippen LogP contribution in [-0.4, -0.2) is 18.7 Å². The molecule has 2 heteroatoms. The maximum atomic E-state index is 5.70. The Morgan fingerprint density at radius 3 is 2.18 bits per heavy atom. The van der Waals surface area contributed by atoms with Crippen molar-refractivity contribution in [2.24, 2.45) is 0 Å². The number of unbranched alkanes of at least 4 members (excludes halogenated alkanes) is 3. The standard InChI is InChI=1S/C14H20O.C6H15N/c1-3-5-6-9-12-15-14-11-8-7-10-13(14)4-2;1-5(2)7-6(3)4/h4,7-8,10-11H,2-3,5-6,9,12H2,1H3;5-7H,1-4H3. The highest BCUT2D eigenvalue weighted by Gasteiger charge is 1.98. The molecule has 0 aromatic heterocycles. The topological polar surface area (TPSA) is 21.3 Å². The van der Waals surface area contributed by atoms with Crippen molar-refractivity contribution in [2.75, 3.05) is 6.61 Å². The number of nitrogens with one attached hydrogen (secondary N) is 1. The molecule has 0 heterocycles. The predicted octanol–water partition coefficient (Wildman–Crippen LogP) is 5.68. The second kappa shape index (κ2) is 13.4. The van der Waals surface area contributed by atoms with Crippen molar-refractivity contribution in [3.63, 3.8) is 0 Å². The van der Waals surface area contributed by atoms with E-state index >= 15 is 0 Å². The molecule has 1 rings (SSSR count). The monoisotopic (exact) mass is 305 g/mol. The number of para-hydroxylation sites is 1. The molecular weight excluding hydrogens is 270 g/mol. The minimum atomic E-state index is 0.625. The molecule has 126 valence electrons. The van der Waals surface area contributed by atoms with Crippen LogP contribution in [-0.2, 0) is 0 Å². The zero-order chi connectivity index (χ0) is 16.8. The largest absolute Gasteiger partial charge is 0.493 e. The fourth-order valence-corrected chi connectivity index (χ4v) is 2.16. The van der Waals surface area contributed by atoms with Crippen LogP contribution < -0.4 is 10.1 Å². The van der Waals surface area contributed by atoms with Gasteiger partial charge in [0.05, 0.1) is 6.61 Å². The first-order chi connectivity index (χ1) is 10.5. The summed E-state index contributed by atoms with van der Waals surface area (Å²) >= 11 is 0. The summed E-state index contributed by atoms with van der Waals surface area (Å²) in [7, 11) is 0. The van der Waals surface area contributed by atoms with Crippen molar-refractivity contribution < 1.29 is 4.74 Å². The first-order valence-corrected chi connectivity index (χ1v) is 8.61. The fourth-order valence-electron chi connectivity index (χ4n) is 2.16. The van der Waals surface area contributed by atoms with Crippen LogP contribution in [0.25, 0.3) is 6.08 Å². The van der Waals surface area contributed by atoms with Crippen molar-refractivity contribution in [2.45, 2.75) is 72.4 Å². The lowest BCUT2D eigenvalue weighted by Crippen LogP contribution is -2.29. The SMILES string of the molecule is C=Cc1ccccc1OCCCCCC.CC(C)NC(C)C. The van der Waals surface area contributed by atoms with E-state index in [0.717, 1.165) is 24.3 Å². The summed E-state index contributed by atoms with van der Waals surface area (Å²) in [6.45, 7) is 15.4. The Kier molecular flexibility index (Phi) is 12.6. The van der Waals surface area contributed by atoms with Gasteiger partial charge in [-0.2, -0.15) is 0 Å². The quantitative estimate of drug-likeness (QED) is 0.592. The third kappa shape index (κ3) is 11.4. The van der Waals surface area contributed by atoms with Crippen LogP contribution >= 0.6 is 0 Å². The molecule has 22 heavy (non-hydrogen) atoms. The molecule has 0 unspecified atom stereocenters. The van der Waals surface area contributed by atoms with E-state index < -0.39 is 0 Å². The third-order valence-electron chi connectivity index (χ3n) is 3.06. The Morgan fingerprint density at radius 1 is 1.05 bits per heavy atom. The van der Waals surface area contributed by atoms with Crippen molar-refractivity contribution in [3.8, 4) is 5.75 Å². The minimum absolute atomic E-state index is 0.625. The Bertz CT molecular complexity index is 379. The average Bonchev–Trinajstić information content (AvgIpc) is 2.46. The summed E-state index contributed by atoms with van der Waals surface area (Å²) < 4.78 is 5.70. The van der Waals surface area contributed by atoms with E-state index in [1.807, 2.05) is 30.3 Å². The van der Waals surface area contributed by atoms with Gasteiger partial charge in [-0.1, -0.05) is 84.7 Å². The molecular formula is C20H35NO. The molecule has 0 fully saturated rings. The predicted molar refractivity (Wildman–Crippen MR) is 99.6 cm³/mol. The summed E-state index contributed by atoms with van der Waals surface area (Å²) in [6, 6.07) is 9.26. The zero-order valence-corrected chi connectivity index (χ0v) is 15.2. The zero-order valence-electron chi connectivity index (χ0n) is 15.2. The van der Waals surface area contributed by atoms with Gasteiger partial charge in [0, 0.05) is 17.6 Å². The molecule has 1 aromatic rings. The van der Waals surface area contributed by atoms with Gasteiger partial charge >= 0.3 is 0 Å². The van der Waals surface area contributed by atoms with Gasteiger partial charge in [-0.05, 0) is 12.5 Å². The second-order valence-electron chi connectivity index (χ2n) is 6.13. The van der Waals surface area contributed by atoms with E-state index in [0.29, 0.717) is 12.1 Å². The number of hydrogen-bond donors (Lipinski definition) is 1. The molecule has 0 saturated heterocycles. The van der Waals surface area contributed by atoms with Gasteiger partial charge in [-0.3, -0.25) is 0 Å². The van der Waals surface area contributed by atoms with Crippen molar-refractivity contribution in [1.82, 2.24) is 5.32 Å². The summed E-state index contributed by atoms with van der Waals surface area (Å²) in [5, 5.41) is 3.31. The minimum Gasteiger partial charge on any atom is -0.493 e. The van der Waals surface area contributed by atoms with Gasteiger partial charge in [0.25, 0.3) is 0 Å². The highest BCUT2D eigenvalue weighted by molar-refractivity contribution is 5.55. The van der Waals surface area contributed by atoms with Gasteiger partial charge in [0.15, 0.2) is 0 Å². The molecule has 2 nitrogen and oxygen atoms in total. The lowest BCUT2D eigenvalue weighted by molar-refractivity contribution is 0.304. The lowest BCUT2D eigenvalue weighted by atomic mass is 10.2. The molecule has 0 bridgehead atoms. The van der Waals surface area contributed by atoms with E-state index in [2.05, 4.69) is 46.5 Å². The van der Waals surface area contributed by atoms with E-state index in [1.165, 1.54) is 19.3 Å². The number of ether oxygens (including phenoxy) is 1. The molecule has 0 aliphatic carbocycles. The van der Waals surface area contributed by atoms with Crippen LogP contribution in [0.1, 0.15) is 65.9 Å². The highest BCUT2D eigenvalue weighted by Crippen LogP contribution is 2.19. The van der Waals surface area contributed by atoms with Gasteiger partial charge < -0.3 is 10.1 Å². The molecule has 0 atom stereocenters. The first kappa shape index (κ1) is 20.7. The van der Waals surface area contributed by atoms with Crippen LogP contribution in [0.15, 0.2) is 30.8 Å². The van der Waals surface area contributed by atoms with Crippen molar-refractivity contribution in [3.05, 3.63) is 36.4 Å². The van der Waals surface area contributed by atoms with E-state index in [9.17, 15) is 0 Å². The normalized spacial score (nSPS) is 10.3. The highest BCUT2D eigenvalue weighted by atomic mass is 16.5. The van der Waals surface area contributed by atoms with Gasteiger partial charge in [-0.15, -0.1) is 0 Å². The van der Waals surface area contributed by atoms with E-state index in [4.69, 9.17) is 4.74 Å². The van der Waals surface area contributed by atoms with Crippen LogP contribution in [0.2, 0.25) is 0 Å². The Hall–Kier alpha value is -1.28. The van der Waals surface area contributed by atoms with E-state index in [-0.39, 0.29) is 0 Å². The van der Waals surface area contributed by atoms with Crippen LogP contribution in [0.5, 0.6) is 5.75 Å². The Labute approximate surface area is 138 Å². The van der Waals surface area contributed by atoms with E-state index in [1.54, 1.807) is 0 Å². The molecule has 0 saturated carbocycles. The first-order valence-electron chi connectivity index (χ1n) is 8.61. The number of hydrogen-bond acceptors (Lipinski definition) is 2.